The Morgan fingerprint density at radius 2 is 0.938 bits per heavy atom. The Labute approximate surface area is 188 Å². The van der Waals surface area contributed by atoms with Crippen molar-refractivity contribution in [1.29, 1.82) is 0 Å². The quantitative estimate of drug-likeness (QED) is 0.368. The summed E-state index contributed by atoms with van der Waals surface area (Å²) in [4.78, 5) is 20.2. The molecule has 0 saturated heterocycles. The van der Waals surface area contributed by atoms with Gasteiger partial charge in [0.2, 0.25) is 0 Å². The summed E-state index contributed by atoms with van der Waals surface area (Å²) >= 11 is 0. The molecule has 0 heterocycles. The van der Waals surface area contributed by atoms with Gasteiger partial charge in [0.1, 0.15) is 0 Å². The lowest BCUT2D eigenvalue weighted by Crippen LogP contribution is -2.03. The van der Waals surface area contributed by atoms with Crippen LogP contribution in [0.15, 0.2) is 72.8 Å². The molecule has 0 spiro atoms. The molecule has 8 heteroatoms. The lowest BCUT2D eigenvalue weighted by Gasteiger charge is -1.90. The average molecular weight is 449 g/mol. The van der Waals surface area contributed by atoms with Crippen LogP contribution in [-0.4, -0.2) is 68.0 Å². The summed E-state index contributed by atoms with van der Waals surface area (Å²) in [5.41, 5.74) is 1.80. The molecule has 0 saturated carbocycles. The number of carboxylic acids is 2. The van der Waals surface area contributed by atoms with Crippen LogP contribution in [0.25, 0.3) is 12.2 Å². The van der Waals surface area contributed by atoms with Crippen molar-refractivity contribution in [2.45, 2.75) is 26.1 Å². The second-order valence-corrected chi connectivity index (χ2v) is 6.23. The smallest absolute Gasteiger partial charge is 0.328 e. The van der Waals surface area contributed by atoms with E-state index in [1.165, 1.54) is 13.8 Å². The first kappa shape index (κ1) is 30.9. The third-order valence-corrected chi connectivity index (χ3v) is 2.96. The Morgan fingerprint density at radius 3 is 1.12 bits per heavy atom. The molecule has 0 aromatic heterocycles. The summed E-state index contributed by atoms with van der Waals surface area (Å²) in [6, 6.07) is 18.6. The number of aliphatic hydroxyl groups is 4. The highest BCUT2D eigenvalue weighted by atomic mass is 16.4. The molecule has 0 radical (unpaired) electrons. The Bertz CT molecular complexity index is 702. The van der Waals surface area contributed by atoms with Crippen molar-refractivity contribution >= 4 is 24.1 Å². The first-order chi connectivity index (χ1) is 15.1. The van der Waals surface area contributed by atoms with Crippen molar-refractivity contribution in [3.63, 3.8) is 0 Å². The van der Waals surface area contributed by atoms with Crippen molar-refractivity contribution in [3.05, 3.63) is 83.9 Å². The second kappa shape index (κ2) is 21.0. The first-order valence-corrected chi connectivity index (χ1v) is 9.62. The van der Waals surface area contributed by atoms with Gasteiger partial charge in [-0.25, -0.2) is 9.59 Å². The molecule has 0 fully saturated rings. The number of carbonyl (C=O) groups is 2. The molecule has 6 N–H and O–H groups in total. The summed E-state index contributed by atoms with van der Waals surface area (Å²) in [5, 5.41) is 48.6. The van der Waals surface area contributed by atoms with Gasteiger partial charge in [0, 0.05) is 12.2 Å². The van der Waals surface area contributed by atoms with Gasteiger partial charge in [0.25, 0.3) is 0 Å². The van der Waals surface area contributed by atoms with Crippen LogP contribution < -0.4 is 0 Å². The largest absolute Gasteiger partial charge is 0.478 e. The van der Waals surface area contributed by atoms with Crippen LogP contribution in [0.3, 0.4) is 0 Å². The minimum Gasteiger partial charge on any atom is -0.478 e. The Kier molecular flexibility index (Phi) is 20.2. The van der Waals surface area contributed by atoms with Crippen LogP contribution in [0.4, 0.5) is 0 Å². The fourth-order valence-electron chi connectivity index (χ4n) is 1.46. The number of benzene rings is 2. The van der Waals surface area contributed by atoms with Gasteiger partial charge in [-0.15, -0.1) is 0 Å². The van der Waals surface area contributed by atoms with Crippen molar-refractivity contribution < 1.29 is 40.2 Å². The fraction of sp³-hybridized carbons (Fsp3) is 0.250. The molecule has 0 amide bonds. The maximum Gasteiger partial charge on any atom is 0.328 e. The van der Waals surface area contributed by atoms with Crippen molar-refractivity contribution in [2.24, 2.45) is 0 Å². The zero-order chi connectivity index (χ0) is 24.8. The third kappa shape index (κ3) is 24.7. The minimum atomic E-state index is -0.922. The van der Waals surface area contributed by atoms with Gasteiger partial charge < -0.3 is 30.6 Å². The molecule has 2 aromatic carbocycles. The average Bonchev–Trinajstić information content (AvgIpc) is 2.79. The second-order valence-electron chi connectivity index (χ2n) is 6.23. The molecule has 176 valence electrons. The summed E-state index contributed by atoms with van der Waals surface area (Å²) < 4.78 is 0. The Hall–Kier alpha value is -3.30. The molecule has 0 aliphatic heterocycles. The zero-order valence-electron chi connectivity index (χ0n) is 18.2. The zero-order valence-corrected chi connectivity index (χ0v) is 18.2. The molecule has 0 bridgehead atoms. The number of carboxylic acid groups (broad SMARTS) is 2. The van der Waals surface area contributed by atoms with Gasteiger partial charge in [0.15, 0.2) is 0 Å². The molecule has 2 aromatic rings. The monoisotopic (exact) mass is 448 g/mol. The number of hydrogen-bond acceptors (Lipinski definition) is 6. The summed E-state index contributed by atoms with van der Waals surface area (Å²) in [7, 11) is 0. The lowest BCUT2D eigenvalue weighted by atomic mass is 10.2. The molecule has 0 aliphatic rings. The van der Waals surface area contributed by atoms with E-state index in [1.807, 2.05) is 60.7 Å². The van der Waals surface area contributed by atoms with Gasteiger partial charge >= 0.3 is 11.9 Å². The van der Waals surface area contributed by atoms with Gasteiger partial charge in [-0.1, -0.05) is 60.7 Å². The van der Waals surface area contributed by atoms with E-state index in [1.54, 1.807) is 12.2 Å². The van der Waals surface area contributed by atoms with Gasteiger partial charge in [-0.3, -0.25) is 0 Å². The molecular formula is C24H32O8. The predicted octanol–water partition coefficient (Wildman–Crippen LogP) is 2.29. The Morgan fingerprint density at radius 1 is 0.688 bits per heavy atom. The van der Waals surface area contributed by atoms with Crippen LogP contribution in [0.1, 0.15) is 25.0 Å². The molecule has 2 rings (SSSR count). The fourth-order valence-corrected chi connectivity index (χ4v) is 1.46. The normalized spacial score (nSPS) is 11.7. The lowest BCUT2D eigenvalue weighted by molar-refractivity contribution is -0.132. The SMILES string of the molecule is CC(O)CO.CC(O)CO.O=C(O)C=Cc1ccccc1.O=C(O)C=Cc1ccccc1. The summed E-state index contributed by atoms with van der Waals surface area (Å²) in [6.07, 6.45) is 4.24. The number of aliphatic hydroxyl groups excluding tert-OH is 4. The summed E-state index contributed by atoms with van der Waals surface area (Å²) in [5.74, 6) is -1.84. The van der Waals surface area contributed by atoms with E-state index in [0.29, 0.717) is 0 Å². The maximum absolute atomic E-state index is 10.1. The van der Waals surface area contributed by atoms with Crippen LogP contribution in [-0.2, 0) is 9.59 Å². The summed E-state index contributed by atoms with van der Waals surface area (Å²) in [6.45, 7) is 2.78. The Balaban J connectivity index is 0. The van der Waals surface area contributed by atoms with Crippen LogP contribution >= 0.6 is 0 Å². The highest BCUT2D eigenvalue weighted by Gasteiger charge is 1.87. The maximum atomic E-state index is 10.1. The molecule has 2 unspecified atom stereocenters. The predicted molar refractivity (Wildman–Crippen MR) is 124 cm³/mol. The standard InChI is InChI=1S/2C9H8O2.2C3H8O2/c2*10-9(11)7-6-8-4-2-1-3-5-8;2*1-3(5)2-4/h2*1-7H,(H,10,11);2*3-5H,2H2,1H3. The van der Waals surface area contributed by atoms with E-state index >= 15 is 0 Å². The van der Waals surface area contributed by atoms with Gasteiger partial charge in [-0.2, -0.15) is 0 Å². The first-order valence-electron chi connectivity index (χ1n) is 9.62. The molecular weight excluding hydrogens is 416 g/mol. The van der Waals surface area contributed by atoms with Crippen LogP contribution in [0.2, 0.25) is 0 Å². The van der Waals surface area contributed by atoms with E-state index in [-0.39, 0.29) is 13.2 Å². The number of hydrogen-bond donors (Lipinski definition) is 6. The third-order valence-electron chi connectivity index (χ3n) is 2.96. The highest BCUT2D eigenvalue weighted by molar-refractivity contribution is 5.85. The van der Waals surface area contributed by atoms with Crippen molar-refractivity contribution in [1.82, 2.24) is 0 Å². The van der Waals surface area contributed by atoms with Crippen LogP contribution in [0, 0.1) is 0 Å². The molecule has 32 heavy (non-hydrogen) atoms. The highest BCUT2D eigenvalue weighted by Crippen LogP contribution is 2.00. The molecule has 8 nitrogen and oxygen atoms in total. The van der Waals surface area contributed by atoms with E-state index in [2.05, 4.69) is 0 Å². The molecule has 2 atom stereocenters. The topological polar surface area (TPSA) is 156 Å². The van der Waals surface area contributed by atoms with E-state index in [9.17, 15) is 9.59 Å². The minimum absolute atomic E-state index is 0.139. The number of rotatable bonds is 6. The van der Waals surface area contributed by atoms with E-state index < -0.39 is 24.1 Å². The van der Waals surface area contributed by atoms with E-state index in [4.69, 9.17) is 30.6 Å². The van der Waals surface area contributed by atoms with Gasteiger partial charge in [0.05, 0.1) is 25.4 Å². The van der Waals surface area contributed by atoms with E-state index in [0.717, 1.165) is 23.3 Å². The number of aliphatic carboxylic acids is 2. The van der Waals surface area contributed by atoms with Crippen LogP contribution in [0.5, 0.6) is 0 Å². The molecule has 0 aliphatic carbocycles. The van der Waals surface area contributed by atoms with Crippen molar-refractivity contribution in [3.8, 4) is 0 Å². The van der Waals surface area contributed by atoms with Gasteiger partial charge in [-0.05, 0) is 37.1 Å². The van der Waals surface area contributed by atoms with Crippen molar-refractivity contribution in [2.75, 3.05) is 13.2 Å².